The average molecular weight is 197 g/mol. The van der Waals surface area contributed by atoms with Crippen molar-refractivity contribution in [1.29, 1.82) is 0 Å². The number of unbranched alkanes of at least 4 members (excludes halogenated alkanes) is 1. The lowest BCUT2D eigenvalue weighted by Gasteiger charge is -2.12. The first-order valence-corrected chi connectivity index (χ1v) is 4.79. The highest BCUT2D eigenvalue weighted by atomic mass is 16.5. The van der Waals surface area contributed by atoms with E-state index in [1.54, 1.807) is 0 Å². The lowest BCUT2D eigenvalue weighted by molar-refractivity contribution is -0.136. The summed E-state index contributed by atoms with van der Waals surface area (Å²) in [5.41, 5.74) is 0.450. The third-order valence-electron chi connectivity index (χ3n) is 2.25. The average Bonchev–Trinajstić information content (AvgIpc) is 2.55. The van der Waals surface area contributed by atoms with Gasteiger partial charge in [-0.1, -0.05) is 19.8 Å². The monoisotopic (exact) mass is 197 g/mol. The number of hydrogen-bond donors (Lipinski definition) is 1. The highest BCUT2D eigenvalue weighted by Crippen LogP contribution is 2.16. The van der Waals surface area contributed by atoms with Crippen LogP contribution in [-0.4, -0.2) is 25.0 Å². The molecule has 0 aromatic rings. The van der Waals surface area contributed by atoms with Gasteiger partial charge in [0.1, 0.15) is 0 Å². The quantitative estimate of drug-likeness (QED) is 0.677. The van der Waals surface area contributed by atoms with Crippen molar-refractivity contribution < 1.29 is 14.3 Å². The van der Waals surface area contributed by atoms with Gasteiger partial charge >= 0.3 is 5.97 Å². The SMILES string of the molecule is CCCCC1NC(=O)C=C1C(=O)OC. The molecule has 0 fully saturated rings. The summed E-state index contributed by atoms with van der Waals surface area (Å²) in [6, 6.07) is -0.158. The minimum atomic E-state index is -0.413. The topological polar surface area (TPSA) is 55.4 Å². The summed E-state index contributed by atoms with van der Waals surface area (Å²) in [6.07, 6.45) is 4.15. The van der Waals surface area contributed by atoms with E-state index in [1.807, 2.05) is 0 Å². The Balaban J connectivity index is 2.63. The van der Waals surface area contributed by atoms with Crippen molar-refractivity contribution in [3.8, 4) is 0 Å². The highest BCUT2D eigenvalue weighted by molar-refractivity contribution is 6.03. The first-order chi connectivity index (χ1) is 6.69. The van der Waals surface area contributed by atoms with Crippen LogP contribution in [0.2, 0.25) is 0 Å². The van der Waals surface area contributed by atoms with Crippen LogP contribution in [0.5, 0.6) is 0 Å². The summed E-state index contributed by atoms with van der Waals surface area (Å²) in [6.45, 7) is 2.07. The van der Waals surface area contributed by atoms with E-state index in [9.17, 15) is 9.59 Å². The molecule has 1 rings (SSSR count). The Morgan fingerprint density at radius 1 is 1.64 bits per heavy atom. The van der Waals surface area contributed by atoms with E-state index in [1.165, 1.54) is 13.2 Å². The van der Waals surface area contributed by atoms with E-state index in [2.05, 4.69) is 17.0 Å². The second kappa shape index (κ2) is 4.79. The maximum atomic E-state index is 11.3. The second-order valence-electron chi connectivity index (χ2n) is 3.29. The number of carbonyl (C=O) groups excluding carboxylic acids is 2. The molecule has 0 aromatic heterocycles. The number of esters is 1. The van der Waals surface area contributed by atoms with E-state index in [0.29, 0.717) is 5.57 Å². The molecule has 0 radical (unpaired) electrons. The number of carbonyl (C=O) groups is 2. The van der Waals surface area contributed by atoms with Crippen molar-refractivity contribution >= 4 is 11.9 Å². The van der Waals surface area contributed by atoms with Gasteiger partial charge in [-0.05, 0) is 6.42 Å². The molecule has 1 heterocycles. The first kappa shape index (κ1) is 10.8. The number of methoxy groups -OCH3 is 1. The van der Waals surface area contributed by atoms with Gasteiger partial charge in [0, 0.05) is 6.08 Å². The van der Waals surface area contributed by atoms with Gasteiger partial charge in [-0.3, -0.25) is 4.79 Å². The molecule has 0 bridgehead atoms. The maximum absolute atomic E-state index is 11.3. The molecule has 1 atom stereocenters. The molecule has 1 aliphatic rings. The Labute approximate surface area is 83.3 Å². The second-order valence-corrected chi connectivity index (χ2v) is 3.29. The van der Waals surface area contributed by atoms with E-state index in [-0.39, 0.29) is 11.9 Å². The van der Waals surface area contributed by atoms with Crippen molar-refractivity contribution in [3.05, 3.63) is 11.6 Å². The summed E-state index contributed by atoms with van der Waals surface area (Å²) in [5.74, 6) is -0.615. The van der Waals surface area contributed by atoms with Crippen molar-refractivity contribution in [2.75, 3.05) is 7.11 Å². The highest BCUT2D eigenvalue weighted by Gasteiger charge is 2.28. The Hall–Kier alpha value is -1.32. The fraction of sp³-hybridized carbons (Fsp3) is 0.600. The van der Waals surface area contributed by atoms with Crippen LogP contribution in [0.15, 0.2) is 11.6 Å². The van der Waals surface area contributed by atoms with Crippen LogP contribution in [0.1, 0.15) is 26.2 Å². The lowest BCUT2D eigenvalue weighted by Crippen LogP contribution is -2.30. The number of amides is 1. The Kier molecular flexibility index (Phi) is 3.68. The fourth-order valence-corrected chi connectivity index (χ4v) is 1.49. The van der Waals surface area contributed by atoms with Gasteiger partial charge in [0.25, 0.3) is 0 Å². The molecule has 4 heteroatoms. The molecule has 1 aliphatic heterocycles. The van der Waals surface area contributed by atoms with Crippen molar-refractivity contribution in [1.82, 2.24) is 5.32 Å². The summed E-state index contributed by atoms with van der Waals surface area (Å²) in [5, 5.41) is 2.72. The van der Waals surface area contributed by atoms with Crippen molar-refractivity contribution in [2.24, 2.45) is 0 Å². The zero-order valence-corrected chi connectivity index (χ0v) is 8.50. The van der Waals surface area contributed by atoms with Crippen LogP contribution in [0.3, 0.4) is 0 Å². The summed E-state index contributed by atoms with van der Waals surface area (Å²) in [7, 11) is 1.32. The Morgan fingerprint density at radius 2 is 2.36 bits per heavy atom. The zero-order chi connectivity index (χ0) is 10.6. The van der Waals surface area contributed by atoms with Crippen LogP contribution < -0.4 is 5.32 Å². The molecular weight excluding hydrogens is 182 g/mol. The predicted octanol–water partition coefficient (Wildman–Crippen LogP) is 0.774. The molecule has 0 saturated heterocycles. The maximum Gasteiger partial charge on any atom is 0.336 e. The van der Waals surface area contributed by atoms with Gasteiger partial charge < -0.3 is 10.1 Å². The molecule has 14 heavy (non-hydrogen) atoms. The van der Waals surface area contributed by atoms with E-state index in [4.69, 9.17) is 0 Å². The van der Waals surface area contributed by atoms with Crippen molar-refractivity contribution in [3.63, 3.8) is 0 Å². The van der Waals surface area contributed by atoms with E-state index >= 15 is 0 Å². The molecule has 4 nitrogen and oxygen atoms in total. The van der Waals surface area contributed by atoms with Gasteiger partial charge in [0.15, 0.2) is 0 Å². The largest absolute Gasteiger partial charge is 0.466 e. The molecule has 78 valence electrons. The minimum Gasteiger partial charge on any atom is -0.466 e. The third-order valence-corrected chi connectivity index (χ3v) is 2.25. The van der Waals surface area contributed by atoms with Crippen LogP contribution >= 0.6 is 0 Å². The van der Waals surface area contributed by atoms with Gasteiger partial charge in [-0.15, -0.1) is 0 Å². The molecule has 0 saturated carbocycles. The smallest absolute Gasteiger partial charge is 0.336 e. The van der Waals surface area contributed by atoms with E-state index < -0.39 is 5.97 Å². The van der Waals surface area contributed by atoms with E-state index in [0.717, 1.165) is 19.3 Å². The normalized spacial score (nSPS) is 20.3. The Bertz CT molecular complexity index is 271. The summed E-state index contributed by atoms with van der Waals surface area (Å²) in [4.78, 5) is 22.3. The van der Waals surface area contributed by atoms with Gasteiger partial charge in [-0.2, -0.15) is 0 Å². The van der Waals surface area contributed by atoms with Crippen LogP contribution in [0.25, 0.3) is 0 Å². The summed E-state index contributed by atoms with van der Waals surface area (Å²) < 4.78 is 4.59. The van der Waals surface area contributed by atoms with Crippen LogP contribution in [-0.2, 0) is 14.3 Å². The number of rotatable bonds is 4. The van der Waals surface area contributed by atoms with Gasteiger partial charge in [0.2, 0.25) is 5.91 Å². The van der Waals surface area contributed by atoms with Gasteiger partial charge in [-0.25, -0.2) is 4.79 Å². The number of nitrogens with one attached hydrogen (secondary N) is 1. The third kappa shape index (κ3) is 2.34. The lowest BCUT2D eigenvalue weighted by atomic mass is 10.0. The minimum absolute atomic E-state index is 0.158. The molecule has 0 aromatic carbocycles. The molecule has 1 N–H and O–H groups in total. The number of ether oxygens (including phenoxy) is 1. The molecule has 0 aliphatic carbocycles. The molecular formula is C10H15NO3. The fourth-order valence-electron chi connectivity index (χ4n) is 1.49. The number of hydrogen-bond acceptors (Lipinski definition) is 3. The van der Waals surface area contributed by atoms with Crippen LogP contribution in [0.4, 0.5) is 0 Å². The van der Waals surface area contributed by atoms with Crippen molar-refractivity contribution in [2.45, 2.75) is 32.2 Å². The molecule has 1 amide bonds. The standard InChI is InChI=1S/C10H15NO3/c1-3-4-5-8-7(10(13)14-2)6-9(12)11-8/h6,8H,3-5H2,1-2H3,(H,11,12). The zero-order valence-electron chi connectivity index (χ0n) is 8.50. The summed E-state index contributed by atoms with van der Waals surface area (Å²) >= 11 is 0. The molecule has 0 spiro atoms. The molecule has 1 unspecified atom stereocenters. The first-order valence-electron chi connectivity index (χ1n) is 4.79. The van der Waals surface area contributed by atoms with Gasteiger partial charge in [0.05, 0.1) is 18.7 Å². The Morgan fingerprint density at radius 3 is 2.93 bits per heavy atom. The van der Waals surface area contributed by atoms with Crippen LogP contribution in [0, 0.1) is 0 Å². The predicted molar refractivity (Wildman–Crippen MR) is 51.6 cm³/mol.